The van der Waals surface area contributed by atoms with Gasteiger partial charge in [-0.25, -0.2) is 4.79 Å². The molecule has 0 aromatic carbocycles. The van der Waals surface area contributed by atoms with Crippen LogP contribution in [0.3, 0.4) is 0 Å². The van der Waals surface area contributed by atoms with Crippen molar-refractivity contribution in [2.75, 3.05) is 39.3 Å². The highest BCUT2D eigenvalue weighted by Crippen LogP contribution is 2.16. The number of likely N-dealkylation sites (tertiary alicyclic amines) is 1. The first-order valence-corrected chi connectivity index (χ1v) is 12.6. The lowest BCUT2D eigenvalue weighted by Gasteiger charge is -2.39. The Bertz CT molecular complexity index is 361. The quantitative estimate of drug-likeness (QED) is 0.322. The Hall–Kier alpha value is -0.770. The summed E-state index contributed by atoms with van der Waals surface area (Å²) in [5.74, 6) is 0. The van der Waals surface area contributed by atoms with Crippen molar-refractivity contribution in [1.82, 2.24) is 4.90 Å². The van der Waals surface area contributed by atoms with Crippen molar-refractivity contribution < 1.29 is 14.0 Å². The van der Waals surface area contributed by atoms with Crippen molar-refractivity contribution in [3.05, 3.63) is 0 Å². The Morgan fingerprint density at radius 2 is 1.10 bits per heavy atom. The lowest BCUT2D eigenvalue weighted by atomic mass is 10.1. The van der Waals surface area contributed by atoms with Crippen LogP contribution in [0.25, 0.3) is 0 Å². The Kier molecular flexibility index (Phi) is 15.6. The number of amides is 1. The molecule has 0 aromatic rings. The second-order valence-electron chi connectivity index (χ2n) is 9.82. The van der Waals surface area contributed by atoms with Crippen LogP contribution in [0.1, 0.15) is 113 Å². The molecular weight excluding hydrogens is 360 g/mol. The third-order valence-electron chi connectivity index (χ3n) is 5.70. The first kappa shape index (κ1) is 28.2. The summed E-state index contributed by atoms with van der Waals surface area (Å²) in [5, 5.41) is 0. The van der Waals surface area contributed by atoms with E-state index < -0.39 is 0 Å². The molecule has 1 fully saturated rings. The highest BCUT2D eigenvalue weighted by atomic mass is 16.6. The van der Waals surface area contributed by atoms with Crippen molar-refractivity contribution in [1.29, 1.82) is 0 Å². The van der Waals surface area contributed by atoms with Crippen LogP contribution in [0.5, 0.6) is 0 Å². The molecule has 174 valence electrons. The van der Waals surface area contributed by atoms with Crippen molar-refractivity contribution in [2.45, 2.75) is 118 Å². The molecule has 1 aliphatic heterocycles. The van der Waals surface area contributed by atoms with Crippen molar-refractivity contribution in [3.8, 4) is 0 Å². The molecule has 0 aliphatic carbocycles. The van der Waals surface area contributed by atoms with E-state index in [9.17, 15) is 4.79 Å². The van der Waals surface area contributed by atoms with Gasteiger partial charge in [0.05, 0.1) is 26.2 Å². The summed E-state index contributed by atoms with van der Waals surface area (Å²) in [6, 6.07) is 0. The molecule has 4 heteroatoms. The lowest BCUT2D eigenvalue weighted by Crippen LogP contribution is -2.50. The first-order chi connectivity index (χ1) is 13.7. The molecule has 4 nitrogen and oxygen atoms in total. The van der Waals surface area contributed by atoms with Crippen LogP contribution < -0.4 is 0 Å². The first-order valence-electron chi connectivity index (χ1n) is 12.6. The second kappa shape index (κ2) is 16.0. The number of carbonyl (C=O) groups excluding carboxylic acids is 1. The van der Waals surface area contributed by atoms with Gasteiger partial charge >= 0.3 is 6.09 Å². The molecule has 0 bridgehead atoms. The summed E-state index contributed by atoms with van der Waals surface area (Å²) in [6.07, 6.45) is 13.1. The molecule has 0 atom stereocenters. The number of ether oxygens (including phenoxy) is 1. The molecular formula is C25H53N2O2+. The van der Waals surface area contributed by atoms with Gasteiger partial charge in [-0.1, -0.05) is 53.4 Å². The van der Waals surface area contributed by atoms with E-state index in [1.807, 2.05) is 20.8 Å². The number of unbranched alkanes of at least 4 members (excludes halogenated alkanes) is 4. The SMILES string of the molecule is CC(C)(C)OC(=O)N1CCCC1.CCCC[N+](CCCC)(CCCC)CCCC. The van der Waals surface area contributed by atoms with Crippen LogP contribution in [0.15, 0.2) is 0 Å². The van der Waals surface area contributed by atoms with Gasteiger partial charge in [-0.15, -0.1) is 0 Å². The van der Waals surface area contributed by atoms with E-state index in [-0.39, 0.29) is 11.7 Å². The van der Waals surface area contributed by atoms with Crippen LogP contribution in [0.2, 0.25) is 0 Å². The number of quaternary nitrogens is 1. The number of hydrogen-bond donors (Lipinski definition) is 0. The maximum atomic E-state index is 11.4. The molecule has 0 spiro atoms. The fourth-order valence-corrected chi connectivity index (χ4v) is 3.87. The molecule has 0 radical (unpaired) electrons. The summed E-state index contributed by atoms with van der Waals surface area (Å²) in [6.45, 7) is 22.4. The van der Waals surface area contributed by atoms with Gasteiger partial charge < -0.3 is 14.1 Å². The van der Waals surface area contributed by atoms with Gasteiger partial charge in [0.15, 0.2) is 0 Å². The minimum absolute atomic E-state index is 0.167. The molecule has 0 aromatic heterocycles. The summed E-state index contributed by atoms with van der Waals surface area (Å²) in [5.41, 5.74) is -0.361. The fourth-order valence-electron chi connectivity index (χ4n) is 3.87. The van der Waals surface area contributed by atoms with E-state index in [1.54, 1.807) is 4.90 Å². The highest BCUT2D eigenvalue weighted by Gasteiger charge is 2.25. The smallest absolute Gasteiger partial charge is 0.410 e. The monoisotopic (exact) mass is 413 g/mol. The number of nitrogens with zero attached hydrogens (tertiary/aromatic N) is 2. The third-order valence-corrected chi connectivity index (χ3v) is 5.70. The zero-order valence-electron chi connectivity index (χ0n) is 21.0. The zero-order valence-corrected chi connectivity index (χ0v) is 21.0. The molecule has 0 N–H and O–H groups in total. The van der Waals surface area contributed by atoms with E-state index in [0.29, 0.717) is 0 Å². The summed E-state index contributed by atoms with van der Waals surface area (Å²) < 4.78 is 6.63. The average molecular weight is 414 g/mol. The number of rotatable bonds is 12. The zero-order chi connectivity index (χ0) is 22.2. The lowest BCUT2D eigenvalue weighted by molar-refractivity contribution is -0.929. The van der Waals surface area contributed by atoms with Gasteiger partial charge in [0, 0.05) is 13.1 Å². The topological polar surface area (TPSA) is 29.5 Å². The largest absolute Gasteiger partial charge is 0.444 e. The Morgan fingerprint density at radius 1 is 0.759 bits per heavy atom. The van der Waals surface area contributed by atoms with Crippen LogP contribution in [0, 0.1) is 0 Å². The fraction of sp³-hybridized carbons (Fsp3) is 0.960. The minimum atomic E-state index is -0.361. The molecule has 0 unspecified atom stereocenters. The highest BCUT2D eigenvalue weighted by molar-refractivity contribution is 5.68. The Morgan fingerprint density at radius 3 is 1.38 bits per heavy atom. The molecule has 1 rings (SSSR count). The Labute approximate surface area is 183 Å². The normalized spacial score (nSPS) is 14.5. The maximum Gasteiger partial charge on any atom is 0.410 e. The van der Waals surface area contributed by atoms with Gasteiger partial charge in [0.25, 0.3) is 0 Å². The maximum absolute atomic E-state index is 11.4. The summed E-state index contributed by atoms with van der Waals surface area (Å²) in [4.78, 5) is 13.1. The van der Waals surface area contributed by atoms with Crippen LogP contribution in [0.4, 0.5) is 4.79 Å². The number of hydrogen-bond acceptors (Lipinski definition) is 2. The van der Waals surface area contributed by atoms with Gasteiger partial charge in [-0.3, -0.25) is 0 Å². The van der Waals surface area contributed by atoms with Crippen molar-refractivity contribution in [3.63, 3.8) is 0 Å². The van der Waals surface area contributed by atoms with E-state index in [0.717, 1.165) is 25.9 Å². The molecule has 1 amide bonds. The predicted octanol–water partition coefficient (Wildman–Crippen LogP) is 7.02. The van der Waals surface area contributed by atoms with Gasteiger partial charge in [0.2, 0.25) is 0 Å². The number of carbonyl (C=O) groups is 1. The average Bonchev–Trinajstić information content (AvgIpc) is 3.21. The van der Waals surface area contributed by atoms with Crippen LogP contribution in [-0.4, -0.2) is 60.3 Å². The summed E-state index contributed by atoms with van der Waals surface area (Å²) in [7, 11) is 0. The molecule has 0 saturated carbocycles. The summed E-state index contributed by atoms with van der Waals surface area (Å²) >= 11 is 0. The minimum Gasteiger partial charge on any atom is -0.444 e. The van der Waals surface area contributed by atoms with Crippen molar-refractivity contribution >= 4 is 6.09 Å². The van der Waals surface area contributed by atoms with Crippen molar-refractivity contribution in [2.24, 2.45) is 0 Å². The van der Waals surface area contributed by atoms with Crippen LogP contribution in [-0.2, 0) is 4.74 Å². The second-order valence-corrected chi connectivity index (χ2v) is 9.82. The van der Waals surface area contributed by atoms with E-state index >= 15 is 0 Å². The molecule has 1 saturated heterocycles. The van der Waals surface area contributed by atoms with E-state index in [2.05, 4.69) is 27.7 Å². The van der Waals surface area contributed by atoms with E-state index in [4.69, 9.17) is 4.74 Å². The predicted molar refractivity (Wildman–Crippen MR) is 126 cm³/mol. The van der Waals surface area contributed by atoms with Gasteiger partial charge in [-0.2, -0.15) is 0 Å². The van der Waals surface area contributed by atoms with Gasteiger partial charge in [0.1, 0.15) is 5.60 Å². The standard InChI is InChI=1S/C16H36N.C9H17NO2/c1-5-9-13-17(14-10-6-2,15-11-7-3)16-12-8-4;1-9(2,3)12-8(11)10-6-4-5-7-10/h5-16H2,1-4H3;4-7H2,1-3H3/q+1;. The van der Waals surface area contributed by atoms with Crippen LogP contribution >= 0.6 is 0 Å². The molecule has 1 aliphatic rings. The van der Waals surface area contributed by atoms with Gasteiger partial charge in [-0.05, 0) is 59.3 Å². The Balaban J connectivity index is 0.000000571. The third kappa shape index (κ3) is 14.0. The molecule has 1 heterocycles. The van der Waals surface area contributed by atoms with E-state index in [1.165, 1.54) is 82.0 Å². The molecule has 29 heavy (non-hydrogen) atoms.